The Kier molecular flexibility index (Phi) is 9.67. The van der Waals surface area contributed by atoms with Gasteiger partial charge in [0.2, 0.25) is 0 Å². The molecule has 0 aromatic heterocycles. The van der Waals surface area contributed by atoms with Crippen molar-refractivity contribution < 1.29 is 14.8 Å². The average Bonchev–Trinajstić information content (AvgIpc) is 2.57. The molecule has 10 heteroatoms. The molecule has 0 heterocycles. The van der Waals surface area contributed by atoms with Gasteiger partial charge in [0.05, 0.1) is 26.9 Å². The normalized spacial score (nSPS) is 10.6. The minimum Gasteiger partial charge on any atom is -0.258 e. The first-order chi connectivity index (χ1) is 11.6. The van der Waals surface area contributed by atoms with Crippen molar-refractivity contribution in [1.82, 2.24) is 0 Å². The van der Waals surface area contributed by atoms with Crippen molar-refractivity contribution >= 4 is 38.2 Å². The SMILES string of the molecule is C[CH2][Pb]([CH2]C)([CH2]C)[CH2]C.Cc1c([N+](=O)[O-])cc([N+](=O)[O-])cc1[N+](=O)[O-]. The molecule has 0 N–H and O–H groups in total. The van der Waals surface area contributed by atoms with Gasteiger partial charge in [-0.05, 0) is 6.92 Å². The molecule has 0 unspecified atom stereocenters. The second-order valence-electron chi connectivity index (χ2n) is 5.79. The second-order valence-corrected chi connectivity index (χ2v) is 28.5. The molecule has 0 spiro atoms. The quantitative estimate of drug-likeness (QED) is 0.260. The van der Waals surface area contributed by atoms with Gasteiger partial charge in [-0.1, -0.05) is 0 Å². The largest absolute Gasteiger partial charge is 0.286 e. The van der Waals surface area contributed by atoms with Crippen LogP contribution in [0.1, 0.15) is 33.3 Å². The first-order valence-electron chi connectivity index (χ1n) is 8.16. The zero-order valence-electron chi connectivity index (χ0n) is 15.3. The maximum absolute atomic E-state index is 10.5. The summed E-state index contributed by atoms with van der Waals surface area (Å²) >= 11 is -1.51. The van der Waals surface area contributed by atoms with Crippen molar-refractivity contribution in [2.24, 2.45) is 0 Å². The van der Waals surface area contributed by atoms with Gasteiger partial charge in [0, 0.05) is 0 Å². The van der Waals surface area contributed by atoms with Crippen LogP contribution in [-0.4, -0.2) is 35.9 Å². The molecule has 1 rings (SSSR count). The summed E-state index contributed by atoms with van der Waals surface area (Å²) in [6.45, 7) is 10.8. The molecular weight excluding hydrogens is 525 g/mol. The Balaban J connectivity index is 0.000000547. The fraction of sp³-hybridized carbons (Fsp3) is 0.600. The van der Waals surface area contributed by atoms with Crippen LogP contribution in [0, 0.1) is 37.3 Å². The van der Waals surface area contributed by atoms with E-state index in [0.29, 0.717) is 12.1 Å². The Bertz CT molecular complexity index is 594. The summed E-state index contributed by atoms with van der Waals surface area (Å²) in [5.74, 6) is 0. The number of hydrogen-bond acceptors (Lipinski definition) is 6. The first-order valence-corrected chi connectivity index (χ1v) is 19.2. The smallest absolute Gasteiger partial charge is 0.258 e. The van der Waals surface area contributed by atoms with Crippen molar-refractivity contribution in [3.8, 4) is 0 Å². The van der Waals surface area contributed by atoms with E-state index in [0.717, 1.165) is 0 Å². The van der Waals surface area contributed by atoms with Crippen molar-refractivity contribution in [1.29, 1.82) is 0 Å². The zero-order chi connectivity index (χ0) is 19.8. The summed E-state index contributed by atoms with van der Waals surface area (Å²) in [4.78, 5) is 28.8. The monoisotopic (exact) mass is 551 g/mol. The fourth-order valence-corrected chi connectivity index (χ4v) is 14.3. The van der Waals surface area contributed by atoms with Crippen molar-refractivity contribution in [2.45, 2.75) is 50.5 Å². The van der Waals surface area contributed by atoms with Crippen LogP contribution in [0.4, 0.5) is 17.1 Å². The summed E-state index contributed by atoms with van der Waals surface area (Å²) in [6.07, 6.45) is 0. The molecule has 0 aliphatic rings. The Morgan fingerprint density at radius 2 is 1.08 bits per heavy atom. The van der Waals surface area contributed by atoms with Gasteiger partial charge in [-0.3, -0.25) is 30.3 Å². The molecule has 0 aliphatic carbocycles. The Morgan fingerprint density at radius 3 is 1.24 bits per heavy atom. The van der Waals surface area contributed by atoms with Crippen LogP contribution in [0.15, 0.2) is 12.1 Å². The summed E-state index contributed by atoms with van der Waals surface area (Å²) < 4.78 is 6.26. The molecule has 0 amide bonds. The summed E-state index contributed by atoms with van der Waals surface area (Å²) in [6, 6.07) is 1.39. The zero-order valence-corrected chi connectivity index (χ0v) is 19.2. The summed E-state index contributed by atoms with van der Waals surface area (Å²) in [5.41, 5.74) is -2.16. The molecular formula is C15H25N3O6Pb. The number of nitrogens with zero attached hydrogens (tertiary/aromatic N) is 3. The summed E-state index contributed by atoms with van der Waals surface area (Å²) in [5, 5.41) is 31.5. The van der Waals surface area contributed by atoms with Crippen LogP contribution in [-0.2, 0) is 0 Å². The van der Waals surface area contributed by atoms with Gasteiger partial charge in [-0.2, -0.15) is 0 Å². The Labute approximate surface area is 151 Å². The van der Waals surface area contributed by atoms with E-state index in [9.17, 15) is 30.3 Å². The molecule has 0 aliphatic heterocycles. The number of nitro benzene ring substituents is 3. The van der Waals surface area contributed by atoms with Crippen molar-refractivity contribution in [2.75, 3.05) is 0 Å². The maximum atomic E-state index is 10.5. The number of hydrogen-bond donors (Lipinski definition) is 0. The fourth-order valence-electron chi connectivity index (χ4n) is 2.65. The van der Waals surface area contributed by atoms with Crippen LogP contribution in [0.5, 0.6) is 0 Å². The number of nitro groups is 3. The molecule has 25 heavy (non-hydrogen) atoms. The van der Waals surface area contributed by atoms with E-state index in [1.165, 1.54) is 6.92 Å². The standard InChI is InChI=1S/C7H5N3O6.4C2H5.Pb/c1-4-6(9(13)14)2-5(8(11)12)3-7(4)10(15)16;4*1-2;/h2-3H,1H3;4*1H2,2H3;. The molecule has 0 bridgehead atoms. The average molecular weight is 551 g/mol. The van der Waals surface area contributed by atoms with Crippen LogP contribution in [0.25, 0.3) is 0 Å². The summed E-state index contributed by atoms with van der Waals surface area (Å²) in [7, 11) is 0. The van der Waals surface area contributed by atoms with Crippen LogP contribution >= 0.6 is 0 Å². The second kappa shape index (κ2) is 10.4. The van der Waals surface area contributed by atoms with Gasteiger partial charge < -0.3 is 0 Å². The molecule has 0 atom stereocenters. The molecule has 0 radical (unpaired) electrons. The first kappa shape index (κ1) is 23.3. The predicted molar refractivity (Wildman–Crippen MR) is 98.8 cm³/mol. The van der Waals surface area contributed by atoms with E-state index < -0.39 is 53.0 Å². The van der Waals surface area contributed by atoms with Gasteiger partial charge in [0.1, 0.15) is 5.56 Å². The number of non-ortho nitro benzene ring substituents is 1. The van der Waals surface area contributed by atoms with E-state index in [4.69, 9.17) is 0 Å². The van der Waals surface area contributed by atoms with Gasteiger partial charge in [0.25, 0.3) is 17.1 Å². The number of rotatable bonds is 7. The third-order valence-corrected chi connectivity index (χ3v) is 28.3. The van der Waals surface area contributed by atoms with E-state index in [2.05, 4.69) is 27.7 Å². The Morgan fingerprint density at radius 1 is 0.760 bits per heavy atom. The molecule has 1 aromatic carbocycles. The minimum atomic E-state index is -1.51. The molecule has 140 valence electrons. The molecule has 1 aromatic rings. The molecule has 0 saturated heterocycles. The molecule has 0 fully saturated rings. The van der Waals surface area contributed by atoms with Gasteiger partial charge in [0.15, 0.2) is 0 Å². The van der Waals surface area contributed by atoms with E-state index in [1.807, 2.05) is 0 Å². The Hall–Kier alpha value is -1.66. The van der Waals surface area contributed by atoms with Crippen molar-refractivity contribution in [3.05, 3.63) is 48.0 Å². The maximum Gasteiger partial charge on any atom is 0.286 e. The van der Waals surface area contributed by atoms with Crippen molar-refractivity contribution in [3.63, 3.8) is 0 Å². The van der Waals surface area contributed by atoms with E-state index in [-0.39, 0.29) is 5.56 Å². The van der Waals surface area contributed by atoms with Gasteiger partial charge in [-0.25, -0.2) is 0 Å². The van der Waals surface area contributed by atoms with Crippen LogP contribution in [0.3, 0.4) is 0 Å². The van der Waals surface area contributed by atoms with Crippen LogP contribution in [0.2, 0.25) is 15.9 Å². The minimum absolute atomic E-state index is 0.208. The molecule has 9 nitrogen and oxygen atoms in total. The van der Waals surface area contributed by atoms with Gasteiger partial charge >= 0.3 is 64.8 Å². The third kappa shape index (κ3) is 6.29. The third-order valence-electron chi connectivity index (χ3n) is 4.94. The topological polar surface area (TPSA) is 129 Å². The van der Waals surface area contributed by atoms with E-state index >= 15 is 0 Å². The van der Waals surface area contributed by atoms with Crippen LogP contribution < -0.4 is 0 Å². The van der Waals surface area contributed by atoms with Gasteiger partial charge in [-0.15, -0.1) is 0 Å². The number of benzene rings is 1. The molecule has 0 saturated carbocycles. The predicted octanol–water partition coefficient (Wildman–Crippen LogP) is 5.23. The van der Waals surface area contributed by atoms with E-state index in [1.54, 1.807) is 15.9 Å².